The molecule has 1 saturated carbocycles. The third-order valence-corrected chi connectivity index (χ3v) is 2.81. The van der Waals surface area contributed by atoms with E-state index in [4.69, 9.17) is 6.42 Å². The number of nitrogens with one attached hydrogen (secondary N) is 1. The lowest BCUT2D eigenvalue weighted by atomic mass is 10.3. The average molecular weight is 230 g/mol. The number of hydrogen-bond donors (Lipinski definition) is 1. The highest BCUT2D eigenvalue weighted by molar-refractivity contribution is 5.38. The summed E-state index contributed by atoms with van der Waals surface area (Å²) in [6, 6.07) is 0. The molecule has 1 N–H and O–H groups in total. The van der Waals surface area contributed by atoms with E-state index in [9.17, 15) is 0 Å². The molecule has 2 rings (SSSR count). The highest BCUT2D eigenvalue weighted by Gasteiger charge is 2.24. The summed E-state index contributed by atoms with van der Waals surface area (Å²) in [7, 11) is 1.90. The van der Waals surface area contributed by atoms with E-state index in [0.717, 1.165) is 30.5 Å². The Morgan fingerprint density at radius 2 is 2.35 bits per heavy atom. The van der Waals surface area contributed by atoms with Crippen molar-refractivity contribution in [3.8, 4) is 12.3 Å². The van der Waals surface area contributed by atoms with Crippen LogP contribution in [0.2, 0.25) is 0 Å². The zero-order chi connectivity index (χ0) is 12.1. The molecule has 1 aromatic rings. The molecule has 0 aromatic carbocycles. The Kier molecular flexibility index (Phi) is 3.94. The molecule has 0 spiro atoms. The van der Waals surface area contributed by atoms with E-state index in [-0.39, 0.29) is 0 Å². The van der Waals surface area contributed by atoms with Gasteiger partial charge in [-0.1, -0.05) is 5.92 Å². The minimum Gasteiger partial charge on any atom is -0.344 e. The lowest BCUT2D eigenvalue weighted by Crippen LogP contribution is -2.27. The van der Waals surface area contributed by atoms with Crippen molar-refractivity contribution in [2.75, 3.05) is 25.0 Å². The molecule has 4 nitrogen and oxygen atoms in total. The summed E-state index contributed by atoms with van der Waals surface area (Å²) >= 11 is 0. The number of aromatic nitrogens is 2. The van der Waals surface area contributed by atoms with Gasteiger partial charge in [-0.3, -0.25) is 4.98 Å². The summed E-state index contributed by atoms with van der Waals surface area (Å²) < 4.78 is 0. The van der Waals surface area contributed by atoms with Gasteiger partial charge in [0.2, 0.25) is 0 Å². The second kappa shape index (κ2) is 5.65. The van der Waals surface area contributed by atoms with Gasteiger partial charge in [0.15, 0.2) is 0 Å². The van der Waals surface area contributed by atoms with Gasteiger partial charge in [0, 0.05) is 19.3 Å². The topological polar surface area (TPSA) is 41.1 Å². The Balaban J connectivity index is 2.10. The SMILES string of the molecule is C#CCN(CC1CC1)c1cncc(CNC)n1. The molecule has 0 unspecified atom stereocenters. The molecular weight excluding hydrogens is 212 g/mol. The lowest BCUT2D eigenvalue weighted by Gasteiger charge is -2.21. The first-order valence-corrected chi connectivity index (χ1v) is 5.97. The molecule has 0 saturated heterocycles. The normalized spacial score (nSPS) is 14.4. The largest absolute Gasteiger partial charge is 0.344 e. The van der Waals surface area contributed by atoms with Gasteiger partial charge in [-0.2, -0.15) is 0 Å². The molecule has 1 aliphatic carbocycles. The maximum Gasteiger partial charge on any atom is 0.148 e. The number of hydrogen-bond acceptors (Lipinski definition) is 4. The molecule has 1 aromatic heterocycles. The summed E-state index contributed by atoms with van der Waals surface area (Å²) in [6.45, 7) is 2.34. The van der Waals surface area contributed by atoms with Crippen LogP contribution < -0.4 is 10.2 Å². The summed E-state index contributed by atoms with van der Waals surface area (Å²) in [5, 5.41) is 3.07. The van der Waals surface area contributed by atoms with Gasteiger partial charge in [-0.15, -0.1) is 6.42 Å². The Bertz CT molecular complexity index is 406. The Hall–Kier alpha value is -1.60. The summed E-state index contributed by atoms with van der Waals surface area (Å²) in [5.41, 5.74) is 0.947. The molecule has 1 fully saturated rings. The molecule has 1 heterocycles. The molecular formula is C13H18N4. The Labute approximate surface area is 102 Å². The Morgan fingerprint density at radius 3 is 3.00 bits per heavy atom. The van der Waals surface area contributed by atoms with E-state index in [1.807, 2.05) is 7.05 Å². The van der Waals surface area contributed by atoms with Crippen molar-refractivity contribution >= 4 is 5.82 Å². The third kappa shape index (κ3) is 3.43. The van der Waals surface area contributed by atoms with Crippen LogP contribution in [0.1, 0.15) is 18.5 Å². The standard InChI is InChI=1S/C13H18N4/c1-3-6-17(10-11-4-5-11)13-9-15-8-12(16-13)7-14-2/h1,8-9,11,14H,4-7,10H2,2H3. The molecule has 17 heavy (non-hydrogen) atoms. The zero-order valence-corrected chi connectivity index (χ0v) is 10.2. The van der Waals surface area contributed by atoms with Gasteiger partial charge in [0.25, 0.3) is 0 Å². The van der Waals surface area contributed by atoms with Crippen LogP contribution >= 0.6 is 0 Å². The predicted octanol–water partition coefficient (Wildman–Crippen LogP) is 1.05. The molecule has 0 atom stereocenters. The zero-order valence-electron chi connectivity index (χ0n) is 10.2. The molecule has 90 valence electrons. The monoisotopic (exact) mass is 230 g/mol. The van der Waals surface area contributed by atoms with Crippen molar-refractivity contribution in [2.24, 2.45) is 5.92 Å². The van der Waals surface area contributed by atoms with Crippen LogP contribution in [0.3, 0.4) is 0 Å². The third-order valence-electron chi connectivity index (χ3n) is 2.81. The fourth-order valence-electron chi connectivity index (χ4n) is 1.77. The smallest absolute Gasteiger partial charge is 0.148 e. The van der Waals surface area contributed by atoms with Crippen LogP contribution in [0.4, 0.5) is 5.82 Å². The number of terminal acetylenes is 1. The molecule has 4 heteroatoms. The first kappa shape index (κ1) is 11.9. The average Bonchev–Trinajstić information content (AvgIpc) is 3.13. The molecule has 1 aliphatic rings. The van der Waals surface area contributed by atoms with Crippen molar-refractivity contribution in [1.82, 2.24) is 15.3 Å². The van der Waals surface area contributed by atoms with Gasteiger partial charge in [-0.05, 0) is 25.8 Å². The number of nitrogens with zero attached hydrogens (tertiary/aromatic N) is 3. The molecule has 0 aliphatic heterocycles. The van der Waals surface area contributed by atoms with E-state index in [0.29, 0.717) is 6.54 Å². The van der Waals surface area contributed by atoms with Crippen molar-refractivity contribution in [1.29, 1.82) is 0 Å². The minimum atomic E-state index is 0.605. The fourth-order valence-corrected chi connectivity index (χ4v) is 1.77. The van der Waals surface area contributed by atoms with Crippen molar-refractivity contribution < 1.29 is 0 Å². The van der Waals surface area contributed by atoms with E-state index >= 15 is 0 Å². The van der Waals surface area contributed by atoms with Gasteiger partial charge >= 0.3 is 0 Å². The second-order valence-corrected chi connectivity index (χ2v) is 4.43. The molecule has 0 bridgehead atoms. The van der Waals surface area contributed by atoms with E-state index in [1.165, 1.54) is 12.8 Å². The highest BCUT2D eigenvalue weighted by atomic mass is 15.2. The first-order valence-electron chi connectivity index (χ1n) is 5.97. The fraction of sp³-hybridized carbons (Fsp3) is 0.538. The number of rotatable bonds is 6. The maximum absolute atomic E-state index is 5.41. The van der Waals surface area contributed by atoms with E-state index in [1.54, 1.807) is 12.4 Å². The minimum absolute atomic E-state index is 0.605. The second-order valence-electron chi connectivity index (χ2n) is 4.43. The molecule has 0 radical (unpaired) electrons. The van der Waals surface area contributed by atoms with Gasteiger partial charge in [0.1, 0.15) is 5.82 Å². The Morgan fingerprint density at radius 1 is 1.53 bits per heavy atom. The van der Waals surface area contributed by atoms with Crippen LogP contribution in [0.15, 0.2) is 12.4 Å². The van der Waals surface area contributed by atoms with E-state index < -0.39 is 0 Å². The van der Waals surface area contributed by atoms with Gasteiger partial charge in [0.05, 0.1) is 18.4 Å². The summed E-state index contributed by atoms with van der Waals surface area (Å²) in [4.78, 5) is 10.9. The number of anilines is 1. The van der Waals surface area contributed by atoms with Crippen LogP contribution in [0.5, 0.6) is 0 Å². The van der Waals surface area contributed by atoms with Crippen molar-refractivity contribution in [3.05, 3.63) is 18.1 Å². The summed E-state index contributed by atoms with van der Waals surface area (Å²) in [6.07, 6.45) is 11.6. The van der Waals surface area contributed by atoms with Crippen molar-refractivity contribution in [3.63, 3.8) is 0 Å². The first-order chi connectivity index (χ1) is 8.33. The highest BCUT2D eigenvalue weighted by Crippen LogP contribution is 2.30. The summed E-state index contributed by atoms with van der Waals surface area (Å²) in [5.74, 6) is 4.37. The van der Waals surface area contributed by atoms with Gasteiger partial charge < -0.3 is 10.2 Å². The van der Waals surface area contributed by atoms with Gasteiger partial charge in [-0.25, -0.2) is 4.98 Å². The predicted molar refractivity (Wildman–Crippen MR) is 68.6 cm³/mol. The maximum atomic E-state index is 5.41. The lowest BCUT2D eigenvalue weighted by molar-refractivity contribution is 0.736. The van der Waals surface area contributed by atoms with E-state index in [2.05, 4.69) is 26.1 Å². The molecule has 0 amide bonds. The van der Waals surface area contributed by atoms with Crippen LogP contribution in [-0.2, 0) is 6.54 Å². The van der Waals surface area contributed by atoms with Crippen LogP contribution in [0.25, 0.3) is 0 Å². The van der Waals surface area contributed by atoms with Crippen LogP contribution in [0, 0.1) is 18.3 Å². The van der Waals surface area contributed by atoms with Crippen LogP contribution in [-0.4, -0.2) is 30.1 Å². The van der Waals surface area contributed by atoms with Crippen molar-refractivity contribution in [2.45, 2.75) is 19.4 Å². The quantitative estimate of drug-likeness (QED) is 0.742.